The molecular weight excluding hydrogens is 210 g/mol. The van der Waals surface area contributed by atoms with Gasteiger partial charge in [-0.25, -0.2) is 0 Å². The zero-order chi connectivity index (χ0) is 10.6. The highest BCUT2D eigenvalue weighted by atomic mass is 35.5. The van der Waals surface area contributed by atoms with Crippen LogP contribution in [0, 0.1) is 0 Å². The Hall–Kier alpha value is -1.49. The lowest BCUT2D eigenvalue weighted by molar-refractivity contribution is -0.136. The third kappa shape index (κ3) is 2.77. The Labute approximate surface area is 84.7 Å². The monoisotopic (exact) mass is 217 g/mol. The first-order valence-electron chi connectivity index (χ1n) is 3.84. The first-order valence-corrected chi connectivity index (χ1v) is 4.22. The van der Waals surface area contributed by atoms with E-state index in [2.05, 4.69) is 5.32 Å². The molecule has 0 atom stereocenters. The third-order valence-corrected chi connectivity index (χ3v) is 1.75. The first kappa shape index (κ1) is 10.6. The molecule has 76 valence electrons. The smallest absolute Gasteiger partial charge is 0.305 e. The number of carbonyl (C=O) groups excluding carboxylic acids is 1. The van der Waals surface area contributed by atoms with E-state index in [1.165, 1.54) is 12.3 Å². The van der Waals surface area contributed by atoms with Gasteiger partial charge in [-0.05, 0) is 6.07 Å². The van der Waals surface area contributed by atoms with Crippen molar-refractivity contribution in [1.82, 2.24) is 5.32 Å². The Morgan fingerprint density at radius 1 is 1.57 bits per heavy atom. The van der Waals surface area contributed by atoms with Crippen LogP contribution in [-0.2, 0) is 4.79 Å². The van der Waals surface area contributed by atoms with Gasteiger partial charge in [-0.2, -0.15) is 0 Å². The Balaban J connectivity index is 2.44. The quantitative estimate of drug-likeness (QED) is 0.793. The average Bonchev–Trinajstić information content (AvgIpc) is 2.50. The number of amides is 1. The topological polar surface area (TPSA) is 79.5 Å². The van der Waals surface area contributed by atoms with Crippen LogP contribution in [0.3, 0.4) is 0 Å². The lowest BCUT2D eigenvalue weighted by Gasteiger charge is -2.00. The first-order chi connectivity index (χ1) is 6.61. The average molecular weight is 218 g/mol. The van der Waals surface area contributed by atoms with Crippen LogP contribution in [0.15, 0.2) is 16.7 Å². The van der Waals surface area contributed by atoms with Gasteiger partial charge in [0.25, 0.3) is 5.91 Å². The van der Waals surface area contributed by atoms with Crippen molar-refractivity contribution in [2.24, 2.45) is 0 Å². The van der Waals surface area contributed by atoms with Gasteiger partial charge in [-0.1, -0.05) is 11.6 Å². The van der Waals surface area contributed by atoms with Crippen LogP contribution in [-0.4, -0.2) is 23.5 Å². The van der Waals surface area contributed by atoms with Crippen molar-refractivity contribution in [1.29, 1.82) is 0 Å². The summed E-state index contributed by atoms with van der Waals surface area (Å²) in [5.41, 5.74) is 0. The molecule has 0 saturated carbocycles. The second kappa shape index (κ2) is 4.66. The number of hydrogen-bond acceptors (Lipinski definition) is 3. The summed E-state index contributed by atoms with van der Waals surface area (Å²) in [5.74, 6) is -1.49. The summed E-state index contributed by atoms with van der Waals surface area (Å²) in [7, 11) is 0. The normalized spacial score (nSPS) is 9.79. The predicted molar refractivity (Wildman–Crippen MR) is 48.3 cm³/mol. The van der Waals surface area contributed by atoms with Crippen molar-refractivity contribution < 1.29 is 19.1 Å². The van der Waals surface area contributed by atoms with Gasteiger partial charge in [-0.3, -0.25) is 9.59 Å². The molecule has 1 heterocycles. The van der Waals surface area contributed by atoms with Gasteiger partial charge in [0.2, 0.25) is 5.76 Å². The maximum atomic E-state index is 11.2. The van der Waals surface area contributed by atoms with Crippen molar-refractivity contribution in [3.05, 3.63) is 23.1 Å². The predicted octanol–water partition coefficient (Wildman–Crippen LogP) is 1.14. The molecule has 0 fully saturated rings. The van der Waals surface area contributed by atoms with Crippen LogP contribution >= 0.6 is 11.6 Å². The molecule has 0 aliphatic heterocycles. The molecule has 0 aliphatic rings. The number of carboxylic acids is 1. The van der Waals surface area contributed by atoms with Gasteiger partial charge < -0.3 is 14.8 Å². The molecule has 0 saturated heterocycles. The van der Waals surface area contributed by atoms with Crippen LogP contribution in [0.25, 0.3) is 0 Å². The molecule has 0 spiro atoms. The summed E-state index contributed by atoms with van der Waals surface area (Å²) in [6, 6.07) is 1.44. The largest absolute Gasteiger partial charge is 0.481 e. The van der Waals surface area contributed by atoms with Crippen molar-refractivity contribution in [2.75, 3.05) is 6.54 Å². The minimum absolute atomic E-state index is 0.00273. The van der Waals surface area contributed by atoms with Gasteiger partial charge >= 0.3 is 5.97 Å². The van der Waals surface area contributed by atoms with Crippen molar-refractivity contribution in [2.45, 2.75) is 6.42 Å². The van der Waals surface area contributed by atoms with E-state index >= 15 is 0 Å². The molecule has 0 aromatic carbocycles. The number of aliphatic carboxylic acids is 1. The zero-order valence-corrected chi connectivity index (χ0v) is 7.87. The molecule has 1 rings (SSSR count). The van der Waals surface area contributed by atoms with Gasteiger partial charge in [0.15, 0.2) is 0 Å². The van der Waals surface area contributed by atoms with Crippen molar-refractivity contribution in [3.8, 4) is 0 Å². The minimum Gasteiger partial charge on any atom is -0.481 e. The highest BCUT2D eigenvalue weighted by molar-refractivity contribution is 6.33. The number of nitrogens with one attached hydrogen (secondary N) is 1. The maximum Gasteiger partial charge on any atom is 0.305 e. The fourth-order valence-electron chi connectivity index (χ4n) is 0.819. The molecular formula is C8H8ClNO4. The molecule has 0 aliphatic carbocycles. The summed E-state index contributed by atoms with van der Waals surface area (Å²) in [4.78, 5) is 21.4. The molecule has 0 bridgehead atoms. The second-order valence-electron chi connectivity index (χ2n) is 2.50. The fraction of sp³-hybridized carbons (Fsp3) is 0.250. The van der Waals surface area contributed by atoms with E-state index < -0.39 is 11.9 Å². The van der Waals surface area contributed by atoms with Gasteiger partial charge in [0.1, 0.15) is 0 Å². The van der Waals surface area contributed by atoms with Crippen LogP contribution < -0.4 is 5.32 Å². The number of carboxylic acid groups (broad SMARTS) is 1. The minimum atomic E-state index is -0.976. The summed E-state index contributed by atoms with van der Waals surface area (Å²) in [6.07, 6.45) is 1.15. The molecule has 1 amide bonds. The molecule has 1 aromatic rings. The third-order valence-electron chi connectivity index (χ3n) is 1.45. The van der Waals surface area contributed by atoms with E-state index in [1.54, 1.807) is 0 Å². The summed E-state index contributed by atoms with van der Waals surface area (Å²) >= 11 is 5.61. The lowest BCUT2D eigenvalue weighted by Crippen LogP contribution is -2.25. The number of rotatable bonds is 4. The number of furan rings is 1. The van der Waals surface area contributed by atoms with E-state index in [-0.39, 0.29) is 23.7 Å². The summed E-state index contributed by atoms with van der Waals surface area (Å²) in [6.45, 7) is 0.0468. The number of carbonyl (C=O) groups is 2. The van der Waals surface area contributed by atoms with Crippen molar-refractivity contribution in [3.63, 3.8) is 0 Å². The van der Waals surface area contributed by atoms with E-state index in [0.29, 0.717) is 0 Å². The SMILES string of the molecule is O=C(O)CCNC(=O)c1occc1Cl. The maximum absolute atomic E-state index is 11.2. The Bertz CT molecular complexity index is 347. The van der Waals surface area contributed by atoms with Crippen molar-refractivity contribution >= 4 is 23.5 Å². The molecule has 1 aromatic heterocycles. The van der Waals surface area contributed by atoms with Crippen LogP contribution in [0.5, 0.6) is 0 Å². The molecule has 5 nitrogen and oxygen atoms in total. The van der Waals surface area contributed by atoms with Gasteiger partial charge in [-0.15, -0.1) is 0 Å². The van der Waals surface area contributed by atoms with Crippen LogP contribution in [0.4, 0.5) is 0 Å². The summed E-state index contributed by atoms with van der Waals surface area (Å²) < 4.78 is 4.79. The number of hydrogen-bond donors (Lipinski definition) is 2. The molecule has 0 unspecified atom stereocenters. The Morgan fingerprint density at radius 3 is 2.79 bits per heavy atom. The highest BCUT2D eigenvalue weighted by Crippen LogP contribution is 2.15. The molecule has 0 radical (unpaired) electrons. The fourth-order valence-corrected chi connectivity index (χ4v) is 1.00. The highest BCUT2D eigenvalue weighted by Gasteiger charge is 2.13. The second-order valence-corrected chi connectivity index (χ2v) is 2.90. The number of halogens is 1. The van der Waals surface area contributed by atoms with Crippen LogP contribution in [0.2, 0.25) is 5.02 Å². The van der Waals surface area contributed by atoms with E-state index in [1.807, 2.05) is 0 Å². The van der Waals surface area contributed by atoms with Gasteiger partial charge in [0.05, 0.1) is 17.7 Å². The van der Waals surface area contributed by atoms with E-state index in [9.17, 15) is 9.59 Å². The van der Waals surface area contributed by atoms with E-state index in [0.717, 1.165) is 0 Å². The lowest BCUT2D eigenvalue weighted by atomic mass is 10.4. The van der Waals surface area contributed by atoms with Gasteiger partial charge in [0, 0.05) is 6.54 Å². The molecule has 6 heteroatoms. The summed E-state index contributed by atoms with van der Waals surface area (Å²) in [5, 5.41) is 10.9. The Kier molecular flexibility index (Phi) is 3.53. The zero-order valence-electron chi connectivity index (χ0n) is 7.12. The van der Waals surface area contributed by atoms with Crippen LogP contribution in [0.1, 0.15) is 17.0 Å². The standard InChI is InChI=1S/C8H8ClNO4/c9-5-2-4-14-7(5)8(13)10-3-1-6(11)12/h2,4H,1,3H2,(H,10,13)(H,11,12). The molecule has 2 N–H and O–H groups in total. The van der Waals surface area contributed by atoms with E-state index in [4.69, 9.17) is 21.1 Å². The Morgan fingerprint density at radius 2 is 2.29 bits per heavy atom. The molecule has 14 heavy (non-hydrogen) atoms.